The number of aryl methyl sites for hydroxylation is 2. The molecule has 1 N–H and O–H groups in total. The number of carbonyl (C=O) groups is 1. The summed E-state index contributed by atoms with van der Waals surface area (Å²) in [7, 11) is -3.03. The summed E-state index contributed by atoms with van der Waals surface area (Å²) in [5.74, 6) is 0.818. The van der Waals surface area contributed by atoms with Crippen LogP contribution in [-0.2, 0) is 21.2 Å². The number of anilines is 1. The van der Waals surface area contributed by atoms with Crippen molar-refractivity contribution in [3.05, 3.63) is 53.5 Å². The molecule has 0 spiro atoms. The number of furan rings is 1. The maximum atomic E-state index is 12.6. The molecule has 2 aromatic rings. The average Bonchev–Trinajstić information content (AvgIpc) is 3.19. The average molecular weight is 376 g/mol. The topological polar surface area (TPSA) is 79.6 Å². The maximum Gasteiger partial charge on any atom is 0.238 e. The highest BCUT2D eigenvalue weighted by molar-refractivity contribution is 7.91. The highest BCUT2D eigenvalue weighted by atomic mass is 32.2. The van der Waals surface area contributed by atoms with Crippen molar-refractivity contribution in [1.82, 2.24) is 4.90 Å². The maximum absolute atomic E-state index is 12.6. The molecule has 1 aliphatic rings. The van der Waals surface area contributed by atoms with E-state index < -0.39 is 9.84 Å². The summed E-state index contributed by atoms with van der Waals surface area (Å²) in [5.41, 5.74) is 2.84. The molecule has 1 fully saturated rings. The molecule has 3 rings (SSSR count). The SMILES string of the molecule is Cc1ccc(C)c(NC(=O)CN(Cc2ccco2)C2CCS(=O)(=O)C2)c1. The summed E-state index contributed by atoms with van der Waals surface area (Å²) in [5, 5.41) is 2.94. The van der Waals surface area contributed by atoms with E-state index in [1.807, 2.05) is 43.0 Å². The number of nitrogens with zero attached hydrogens (tertiary/aromatic N) is 1. The lowest BCUT2D eigenvalue weighted by Gasteiger charge is -2.26. The van der Waals surface area contributed by atoms with Crippen LogP contribution in [0.15, 0.2) is 41.0 Å². The largest absolute Gasteiger partial charge is 0.468 e. The minimum absolute atomic E-state index is 0.0878. The van der Waals surface area contributed by atoms with Crippen molar-refractivity contribution in [3.8, 4) is 0 Å². The van der Waals surface area contributed by atoms with Gasteiger partial charge in [-0.3, -0.25) is 9.69 Å². The van der Waals surface area contributed by atoms with Crippen LogP contribution in [0.5, 0.6) is 0 Å². The first-order valence-corrected chi connectivity index (χ1v) is 10.5. The molecule has 7 heteroatoms. The first kappa shape index (κ1) is 18.7. The fourth-order valence-electron chi connectivity index (χ4n) is 3.22. The van der Waals surface area contributed by atoms with E-state index in [0.29, 0.717) is 18.7 Å². The van der Waals surface area contributed by atoms with Gasteiger partial charge in [-0.15, -0.1) is 0 Å². The summed E-state index contributed by atoms with van der Waals surface area (Å²) in [6, 6.07) is 9.35. The van der Waals surface area contributed by atoms with Gasteiger partial charge in [-0.1, -0.05) is 12.1 Å². The lowest BCUT2D eigenvalue weighted by Crippen LogP contribution is -2.41. The quantitative estimate of drug-likeness (QED) is 0.838. The molecule has 1 amide bonds. The number of hydrogen-bond acceptors (Lipinski definition) is 5. The van der Waals surface area contributed by atoms with E-state index in [1.54, 1.807) is 12.3 Å². The fraction of sp³-hybridized carbons (Fsp3) is 0.421. The summed E-state index contributed by atoms with van der Waals surface area (Å²) in [4.78, 5) is 14.5. The van der Waals surface area contributed by atoms with Gasteiger partial charge in [0.15, 0.2) is 9.84 Å². The Kier molecular flexibility index (Phi) is 5.48. The number of carbonyl (C=O) groups excluding carboxylic acids is 1. The van der Waals surface area contributed by atoms with Crippen LogP contribution in [0.3, 0.4) is 0 Å². The monoisotopic (exact) mass is 376 g/mol. The highest BCUT2D eigenvalue weighted by Crippen LogP contribution is 2.21. The van der Waals surface area contributed by atoms with Crippen molar-refractivity contribution >= 4 is 21.4 Å². The molecule has 0 aliphatic carbocycles. The molecular formula is C19H24N2O4S. The van der Waals surface area contributed by atoms with Gasteiger partial charge >= 0.3 is 0 Å². The lowest BCUT2D eigenvalue weighted by atomic mass is 10.1. The highest BCUT2D eigenvalue weighted by Gasteiger charge is 2.33. The second kappa shape index (κ2) is 7.63. The van der Waals surface area contributed by atoms with Crippen molar-refractivity contribution in [1.29, 1.82) is 0 Å². The van der Waals surface area contributed by atoms with Crippen LogP contribution in [0.4, 0.5) is 5.69 Å². The zero-order valence-electron chi connectivity index (χ0n) is 15.1. The van der Waals surface area contributed by atoms with Gasteiger partial charge in [-0.05, 0) is 49.6 Å². The lowest BCUT2D eigenvalue weighted by molar-refractivity contribution is -0.118. The Morgan fingerprint density at radius 3 is 2.77 bits per heavy atom. The molecule has 0 bridgehead atoms. The van der Waals surface area contributed by atoms with Crippen molar-refractivity contribution in [2.24, 2.45) is 0 Å². The normalized spacial score (nSPS) is 19.0. The van der Waals surface area contributed by atoms with Gasteiger partial charge in [0.2, 0.25) is 5.91 Å². The Morgan fingerprint density at radius 1 is 1.31 bits per heavy atom. The number of nitrogens with one attached hydrogen (secondary N) is 1. The molecule has 2 heterocycles. The molecule has 1 aromatic carbocycles. The van der Waals surface area contributed by atoms with Crippen LogP contribution in [0.1, 0.15) is 23.3 Å². The number of hydrogen-bond donors (Lipinski definition) is 1. The minimum atomic E-state index is -3.03. The van der Waals surface area contributed by atoms with Crippen molar-refractivity contribution < 1.29 is 17.6 Å². The van der Waals surface area contributed by atoms with Gasteiger partial charge in [0.25, 0.3) is 0 Å². The zero-order valence-corrected chi connectivity index (χ0v) is 15.9. The standard InChI is InChI=1S/C19H24N2O4S/c1-14-5-6-15(2)18(10-14)20-19(22)12-21(11-17-4-3-8-25-17)16-7-9-26(23,24)13-16/h3-6,8,10,16H,7,9,11-13H2,1-2H3,(H,20,22). The Labute approximate surface area is 154 Å². The molecule has 1 aliphatic heterocycles. The van der Waals surface area contributed by atoms with Crippen LogP contribution in [-0.4, -0.2) is 43.3 Å². The third kappa shape index (κ3) is 4.74. The number of benzene rings is 1. The molecule has 1 unspecified atom stereocenters. The van der Waals surface area contributed by atoms with Gasteiger partial charge in [-0.2, -0.15) is 0 Å². The molecule has 1 saturated heterocycles. The molecule has 1 atom stereocenters. The van der Waals surface area contributed by atoms with E-state index in [0.717, 1.165) is 16.8 Å². The fourth-order valence-corrected chi connectivity index (χ4v) is 4.99. The van der Waals surface area contributed by atoms with E-state index in [-0.39, 0.29) is 30.0 Å². The van der Waals surface area contributed by atoms with E-state index in [1.165, 1.54) is 0 Å². The molecule has 26 heavy (non-hydrogen) atoms. The summed E-state index contributed by atoms with van der Waals surface area (Å²) < 4.78 is 29.1. The summed E-state index contributed by atoms with van der Waals surface area (Å²) in [6.45, 7) is 4.45. The number of sulfone groups is 1. The van der Waals surface area contributed by atoms with Crippen LogP contribution >= 0.6 is 0 Å². The van der Waals surface area contributed by atoms with Gasteiger partial charge < -0.3 is 9.73 Å². The predicted octanol–water partition coefficient (Wildman–Crippen LogP) is 2.52. The molecular weight excluding hydrogens is 352 g/mol. The van der Waals surface area contributed by atoms with Gasteiger partial charge in [0.05, 0.1) is 30.9 Å². The zero-order chi connectivity index (χ0) is 18.7. The number of rotatable bonds is 6. The second-order valence-corrected chi connectivity index (χ2v) is 9.14. The van der Waals surface area contributed by atoms with Crippen LogP contribution < -0.4 is 5.32 Å². The van der Waals surface area contributed by atoms with Crippen molar-refractivity contribution in [2.75, 3.05) is 23.4 Å². The van der Waals surface area contributed by atoms with E-state index in [2.05, 4.69) is 5.32 Å². The van der Waals surface area contributed by atoms with Crippen molar-refractivity contribution in [3.63, 3.8) is 0 Å². The molecule has 0 saturated carbocycles. The Morgan fingerprint density at radius 2 is 2.12 bits per heavy atom. The van der Waals surface area contributed by atoms with Gasteiger partial charge in [-0.25, -0.2) is 8.42 Å². The Balaban J connectivity index is 1.72. The smallest absolute Gasteiger partial charge is 0.238 e. The number of amides is 1. The second-order valence-electron chi connectivity index (χ2n) is 6.91. The van der Waals surface area contributed by atoms with Crippen LogP contribution in [0.2, 0.25) is 0 Å². The Hall–Kier alpha value is -2.12. The van der Waals surface area contributed by atoms with E-state index >= 15 is 0 Å². The molecule has 0 radical (unpaired) electrons. The molecule has 6 nitrogen and oxygen atoms in total. The van der Waals surface area contributed by atoms with Gasteiger partial charge in [0.1, 0.15) is 5.76 Å². The third-order valence-corrected chi connectivity index (χ3v) is 6.43. The van der Waals surface area contributed by atoms with E-state index in [4.69, 9.17) is 4.42 Å². The van der Waals surface area contributed by atoms with Crippen molar-refractivity contribution in [2.45, 2.75) is 32.9 Å². The molecule has 1 aromatic heterocycles. The summed E-state index contributed by atoms with van der Waals surface area (Å²) >= 11 is 0. The van der Waals surface area contributed by atoms with Gasteiger partial charge in [0, 0.05) is 11.7 Å². The first-order valence-electron chi connectivity index (χ1n) is 8.66. The molecule has 140 valence electrons. The first-order chi connectivity index (χ1) is 12.3. The van der Waals surface area contributed by atoms with E-state index in [9.17, 15) is 13.2 Å². The predicted molar refractivity (Wildman–Crippen MR) is 101 cm³/mol. The van der Waals surface area contributed by atoms with Crippen LogP contribution in [0, 0.1) is 13.8 Å². The third-order valence-electron chi connectivity index (χ3n) is 4.68. The Bertz CT molecular complexity index is 875. The van der Waals surface area contributed by atoms with Crippen LogP contribution in [0.25, 0.3) is 0 Å². The summed E-state index contributed by atoms with van der Waals surface area (Å²) in [6.07, 6.45) is 2.12. The minimum Gasteiger partial charge on any atom is -0.468 e.